The molecular weight excluding hydrogens is 312 g/mol. The molecule has 0 aromatic heterocycles. The number of amides is 1. The lowest BCUT2D eigenvalue weighted by Crippen LogP contribution is -2.44. The van der Waals surface area contributed by atoms with Gasteiger partial charge in [0.15, 0.2) is 11.5 Å². The van der Waals surface area contributed by atoms with Gasteiger partial charge < -0.3 is 24.4 Å². The first-order chi connectivity index (χ1) is 11.6. The minimum absolute atomic E-state index is 0.0407. The smallest absolute Gasteiger partial charge is 0.308 e. The van der Waals surface area contributed by atoms with Crippen molar-refractivity contribution < 1.29 is 23.8 Å². The van der Waals surface area contributed by atoms with E-state index in [9.17, 15) is 9.59 Å². The second-order valence-corrected chi connectivity index (χ2v) is 5.84. The number of hydrogen-bond donors (Lipinski definition) is 1. The van der Waals surface area contributed by atoms with Crippen LogP contribution in [0.2, 0.25) is 0 Å². The van der Waals surface area contributed by atoms with Crippen LogP contribution in [0.25, 0.3) is 0 Å². The summed E-state index contributed by atoms with van der Waals surface area (Å²) in [5, 5.41) is 3.27. The van der Waals surface area contributed by atoms with E-state index in [0.717, 1.165) is 12.8 Å². The lowest BCUT2D eigenvalue weighted by molar-refractivity contribution is -0.131. The van der Waals surface area contributed by atoms with Gasteiger partial charge in [-0.1, -0.05) is 0 Å². The summed E-state index contributed by atoms with van der Waals surface area (Å²) in [6.07, 6.45) is 1.46. The first-order valence-corrected chi connectivity index (χ1v) is 8.15. The van der Waals surface area contributed by atoms with E-state index in [1.54, 1.807) is 12.1 Å². The van der Waals surface area contributed by atoms with Gasteiger partial charge in [-0.2, -0.15) is 0 Å². The van der Waals surface area contributed by atoms with Gasteiger partial charge in [0.05, 0.1) is 24.4 Å². The lowest BCUT2D eigenvalue weighted by atomic mass is 10.1. The zero-order chi connectivity index (χ0) is 17.3. The maximum atomic E-state index is 13.0. The topological polar surface area (TPSA) is 77.1 Å². The molecule has 2 unspecified atom stereocenters. The molecule has 24 heavy (non-hydrogen) atoms. The van der Waals surface area contributed by atoms with Crippen LogP contribution in [0.15, 0.2) is 12.1 Å². The van der Waals surface area contributed by atoms with E-state index in [0.29, 0.717) is 30.2 Å². The number of hydrogen-bond acceptors (Lipinski definition) is 6. The van der Waals surface area contributed by atoms with Crippen molar-refractivity contribution in [2.45, 2.75) is 39.0 Å². The van der Waals surface area contributed by atoms with Crippen molar-refractivity contribution in [1.82, 2.24) is 4.90 Å². The van der Waals surface area contributed by atoms with E-state index in [-0.39, 0.29) is 23.9 Å². The summed E-state index contributed by atoms with van der Waals surface area (Å²) in [4.78, 5) is 26.3. The average molecular weight is 334 g/mol. The van der Waals surface area contributed by atoms with Gasteiger partial charge in [0.1, 0.15) is 6.23 Å². The fraction of sp³-hybridized carbons (Fsp3) is 0.529. The SMILES string of the molecule is CCOC1Nc2c(ccc(OC)c2OC(C)=O)C(=O)N2CCCC12. The molecule has 1 amide bonds. The summed E-state index contributed by atoms with van der Waals surface area (Å²) < 4.78 is 16.5. The molecular formula is C17H22N2O5. The Morgan fingerprint density at radius 1 is 1.42 bits per heavy atom. The molecule has 1 fully saturated rings. The van der Waals surface area contributed by atoms with Gasteiger partial charge in [0, 0.05) is 20.1 Å². The van der Waals surface area contributed by atoms with Crippen molar-refractivity contribution in [3.63, 3.8) is 0 Å². The van der Waals surface area contributed by atoms with Gasteiger partial charge in [-0.3, -0.25) is 9.59 Å². The minimum Gasteiger partial charge on any atom is -0.493 e. The lowest BCUT2D eigenvalue weighted by Gasteiger charge is -2.29. The molecule has 0 bridgehead atoms. The molecule has 7 nitrogen and oxygen atoms in total. The van der Waals surface area contributed by atoms with E-state index >= 15 is 0 Å². The highest BCUT2D eigenvalue weighted by Gasteiger charge is 2.41. The predicted octanol–water partition coefficient (Wildman–Crippen LogP) is 2.01. The fourth-order valence-corrected chi connectivity index (χ4v) is 3.38. The van der Waals surface area contributed by atoms with Crippen LogP contribution in [-0.2, 0) is 9.53 Å². The second-order valence-electron chi connectivity index (χ2n) is 5.84. The Morgan fingerprint density at radius 3 is 2.88 bits per heavy atom. The van der Waals surface area contributed by atoms with E-state index in [4.69, 9.17) is 14.2 Å². The zero-order valence-corrected chi connectivity index (χ0v) is 14.1. The van der Waals surface area contributed by atoms with Crippen LogP contribution < -0.4 is 14.8 Å². The number of carbonyl (C=O) groups excluding carboxylic acids is 2. The van der Waals surface area contributed by atoms with Crippen LogP contribution >= 0.6 is 0 Å². The largest absolute Gasteiger partial charge is 0.493 e. The summed E-state index contributed by atoms with van der Waals surface area (Å²) in [6, 6.07) is 3.30. The molecule has 3 rings (SSSR count). The number of fused-ring (bicyclic) bond motifs is 2. The van der Waals surface area contributed by atoms with Crippen LogP contribution in [0.5, 0.6) is 11.5 Å². The number of methoxy groups -OCH3 is 1. The highest BCUT2D eigenvalue weighted by Crippen LogP contribution is 2.42. The quantitative estimate of drug-likeness (QED) is 0.670. The summed E-state index contributed by atoms with van der Waals surface area (Å²) in [6.45, 7) is 4.43. The number of nitrogens with zero attached hydrogens (tertiary/aromatic N) is 1. The van der Waals surface area contributed by atoms with E-state index in [2.05, 4.69) is 5.32 Å². The third kappa shape index (κ3) is 2.80. The molecule has 130 valence electrons. The Hall–Kier alpha value is -2.28. The molecule has 2 atom stereocenters. The van der Waals surface area contributed by atoms with Crippen LogP contribution in [0.1, 0.15) is 37.0 Å². The van der Waals surface area contributed by atoms with Crippen molar-refractivity contribution in [3.05, 3.63) is 17.7 Å². The standard InChI is InChI=1S/C17H22N2O5/c1-4-23-16-12-6-5-9-19(12)17(21)11-7-8-13(22-3)15(14(11)18-16)24-10(2)20/h7-8,12,16,18H,4-6,9H2,1-3H3. The Labute approximate surface area is 140 Å². The van der Waals surface area contributed by atoms with Gasteiger partial charge in [-0.05, 0) is 31.9 Å². The zero-order valence-electron chi connectivity index (χ0n) is 14.1. The molecule has 2 aliphatic heterocycles. The van der Waals surface area contributed by atoms with Crippen molar-refractivity contribution >= 4 is 17.6 Å². The Balaban J connectivity index is 2.12. The molecule has 0 radical (unpaired) electrons. The van der Waals surface area contributed by atoms with Crippen molar-refractivity contribution in [2.24, 2.45) is 0 Å². The highest BCUT2D eigenvalue weighted by molar-refractivity contribution is 6.03. The molecule has 1 N–H and O–H groups in total. The summed E-state index contributed by atoms with van der Waals surface area (Å²) in [5.41, 5.74) is 0.906. The normalized spacial score (nSPS) is 22.3. The molecule has 7 heteroatoms. The number of ether oxygens (including phenoxy) is 3. The monoisotopic (exact) mass is 334 g/mol. The number of rotatable bonds is 4. The van der Waals surface area contributed by atoms with Crippen molar-refractivity contribution in [1.29, 1.82) is 0 Å². The molecule has 1 aromatic carbocycles. The van der Waals surface area contributed by atoms with Gasteiger partial charge in [-0.15, -0.1) is 0 Å². The minimum atomic E-state index is -0.478. The van der Waals surface area contributed by atoms with Gasteiger partial charge in [0.2, 0.25) is 0 Å². The number of carbonyl (C=O) groups is 2. The molecule has 0 spiro atoms. The van der Waals surface area contributed by atoms with Gasteiger partial charge >= 0.3 is 5.97 Å². The van der Waals surface area contributed by atoms with Crippen LogP contribution in [0.4, 0.5) is 5.69 Å². The summed E-state index contributed by atoms with van der Waals surface area (Å²) in [7, 11) is 1.49. The molecule has 0 aliphatic carbocycles. The third-order valence-electron chi connectivity index (χ3n) is 4.36. The Morgan fingerprint density at radius 2 is 2.21 bits per heavy atom. The number of nitrogens with one attached hydrogen (secondary N) is 1. The maximum Gasteiger partial charge on any atom is 0.308 e. The fourth-order valence-electron chi connectivity index (χ4n) is 3.38. The molecule has 2 aliphatic rings. The number of anilines is 1. The Bertz CT molecular complexity index is 661. The second kappa shape index (κ2) is 6.68. The first-order valence-electron chi connectivity index (χ1n) is 8.15. The van der Waals surface area contributed by atoms with E-state index in [1.807, 2.05) is 11.8 Å². The molecule has 2 heterocycles. The maximum absolute atomic E-state index is 13.0. The number of benzene rings is 1. The van der Waals surface area contributed by atoms with Crippen LogP contribution in [0.3, 0.4) is 0 Å². The van der Waals surface area contributed by atoms with E-state index < -0.39 is 5.97 Å². The Kier molecular flexibility index (Phi) is 4.62. The molecule has 1 saturated heterocycles. The summed E-state index contributed by atoms with van der Waals surface area (Å²) >= 11 is 0. The molecule has 0 saturated carbocycles. The third-order valence-corrected chi connectivity index (χ3v) is 4.36. The first kappa shape index (κ1) is 16.6. The van der Waals surface area contributed by atoms with Gasteiger partial charge in [-0.25, -0.2) is 0 Å². The van der Waals surface area contributed by atoms with E-state index in [1.165, 1.54) is 14.0 Å². The number of esters is 1. The van der Waals surface area contributed by atoms with Gasteiger partial charge in [0.25, 0.3) is 5.91 Å². The highest BCUT2D eigenvalue weighted by atomic mass is 16.6. The summed E-state index contributed by atoms with van der Waals surface area (Å²) in [5.74, 6) is 0.0511. The van der Waals surface area contributed by atoms with Crippen molar-refractivity contribution in [3.8, 4) is 11.5 Å². The average Bonchev–Trinajstić information content (AvgIpc) is 3.00. The van der Waals surface area contributed by atoms with Crippen LogP contribution in [0, 0.1) is 0 Å². The predicted molar refractivity (Wildman–Crippen MR) is 87.4 cm³/mol. The molecule has 1 aromatic rings. The van der Waals surface area contributed by atoms with Crippen molar-refractivity contribution in [2.75, 3.05) is 25.6 Å². The van der Waals surface area contributed by atoms with Crippen LogP contribution in [-0.4, -0.2) is 49.3 Å².